The first kappa shape index (κ1) is 16.9. The lowest BCUT2D eigenvalue weighted by Crippen LogP contribution is -1.85. The molecule has 1 heterocycles. The minimum absolute atomic E-state index is 0.713. The van der Waals surface area contributed by atoms with Gasteiger partial charge >= 0.3 is 0 Å². The van der Waals surface area contributed by atoms with Crippen molar-refractivity contribution in [2.24, 2.45) is 4.99 Å². The van der Waals surface area contributed by atoms with E-state index in [0.717, 1.165) is 5.56 Å². The van der Waals surface area contributed by atoms with E-state index in [4.69, 9.17) is 0 Å². The van der Waals surface area contributed by atoms with Crippen molar-refractivity contribution in [1.82, 2.24) is 0 Å². The molecule has 0 saturated carbocycles. The molecule has 4 aromatic carbocycles. The third-order valence-electron chi connectivity index (χ3n) is 4.98. The van der Waals surface area contributed by atoms with Crippen molar-refractivity contribution < 1.29 is 0 Å². The van der Waals surface area contributed by atoms with Crippen LogP contribution in [0.2, 0.25) is 0 Å². The Hall–Kier alpha value is -3.23. The third kappa shape index (κ3) is 3.35. The minimum atomic E-state index is 0.713. The Kier molecular flexibility index (Phi) is 4.48. The SMILES string of the molecule is C(=N\Cc1ccccc1)/c1ccc(-c2ccc3sc4ccccc4c3c2)cc1. The lowest BCUT2D eigenvalue weighted by Gasteiger charge is -2.03. The number of aliphatic imine (C=N–C) groups is 1. The van der Waals surface area contributed by atoms with Crippen LogP contribution in [0.15, 0.2) is 102 Å². The summed E-state index contributed by atoms with van der Waals surface area (Å²) < 4.78 is 2.69. The fourth-order valence-electron chi connectivity index (χ4n) is 3.51. The van der Waals surface area contributed by atoms with Gasteiger partial charge in [-0.1, -0.05) is 78.9 Å². The van der Waals surface area contributed by atoms with Gasteiger partial charge in [0.15, 0.2) is 0 Å². The number of hydrogen-bond donors (Lipinski definition) is 0. The molecule has 5 rings (SSSR count). The van der Waals surface area contributed by atoms with E-state index in [9.17, 15) is 0 Å². The van der Waals surface area contributed by atoms with Crippen molar-refractivity contribution >= 4 is 37.7 Å². The number of fused-ring (bicyclic) bond motifs is 3. The van der Waals surface area contributed by atoms with Crippen molar-refractivity contribution in [2.45, 2.75) is 6.54 Å². The van der Waals surface area contributed by atoms with E-state index in [1.165, 1.54) is 36.9 Å². The van der Waals surface area contributed by atoms with Gasteiger partial charge in [-0.15, -0.1) is 11.3 Å². The molecule has 5 aromatic rings. The van der Waals surface area contributed by atoms with E-state index < -0.39 is 0 Å². The molecule has 28 heavy (non-hydrogen) atoms. The van der Waals surface area contributed by atoms with Gasteiger partial charge in [0.1, 0.15) is 0 Å². The van der Waals surface area contributed by atoms with Gasteiger partial charge in [-0.2, -0.15) is 0 Å². The van der Waals surface area contributed by atoms with Gasteiger partial charge < -0.3 is 0 Å². The first-order valence-electron chi connectivity index (χ1n) is 9.42. The zero-order chi connectivity index (χ0) is 18.8. The second-order valence-electron chi connectivity index (χ2n) is 6.89. The number of hydrogen-bond acceptors (Lipinski definition) is 2. The van der Waals surface area contributed by atoms with Crippen LogP contribution in [0, 0.1) is 0 Å². The average molecular weight is 378 g/mol. The van der Waals surface area contributed by atoms with Crippen molar-refractivity contribution in [2.75, 3.05) is 0 Å². The van der Waals surface area contributed by atoms with E-state index in [-0.39, 0.29) is 0 Å². The molecule has 0 radical (unpaired) electrons. The summed E-state index contributed by atoms with van der Waals surface area (Å²) in [6.07, 6.45) is 1.95. The molecule has 0 atom stereocenters. The number of benzene rings is 4. The van der Waals surface area contributed by atoms with Gasteiger partial charge in [0.2, 0.25) is 0 Å². The highest BCUT2D eigenvalue weighted by atomic mass is 32.1. The van der Waals surface area contributed by atoms with Crippen molar-refractivity contribution in [3.63, 3.8) is 0 Å². The normalized spacial score (nSPS) is 11.6. The van der Waals surface area contributed by atoms with Crippen molar-refractivity contribution in [3.05, 3.63) is 108 Å². The van der Waals surface area contributed by atoms with Crippen LogP contribution in [0.5, 0.6) is 0 Å². The highest BCUT2D eigenvalue weighted by molar-refractivity contribution is 7.25. The summed E-state index contributed by atoms with van der Waals surface area (Å²) >= 11 is 1.86. The van der Waals surface area contributed by atoms with E-state index in [1.54, 1.807) is 0 Å². The van der Waals surface area contributed by atoms with E-state index >= 15 is 0 Å². The molecule has 0 spiro atoms. The van der Waals surface area contributed by atoms with E-state index in [1.807, 2.05) is 35.8 Å². The molecule has 1 aromatic heterocycles. The van der Waals surface area contributed by atoms with Gasteiger partial charge in [0.25, 0.3) is 0 Å². The summed E-state index contributed by atoms with van der Waals surface area (Å²) in [6.45, 7) is 0.713. The molecule has 134 valence electrons. The zero-order valence-corrected chi connectivity index (χ0v) is 16.2. The highest BCUT2D eigenvalue weighted by Crippen LogP contribution is 2.36. The molecule has 0 amide bonds. The lowest BCUT2D eigenvalue weighted by molar-refractivity contribution is 1.08. The second kappa shape index (κ2) is 7.41. The highest BCUT2D eigenvalue weighted by Gasteiger charge is 2.06. The molecule has 0 bridgehead atoms. The lowest BCUT2D eigenvalue weighted by atomic mass is 10.0. The molecule has 2 heteroatoms. The standard InChI is InChI=1S/C26H19NS/c1-2-6-19(7-3-1)17-27-18-20-10-12-21(13-11-20)22-14-15-26-24(16-22)23-8-4-5-9-25(23)28-26/h1-16,18H,17H2/b27-18+. The van der Waals surface area contributed by atoms with Crippen molar-refractivity contribution in [3.8, 4) is 11.1 Å². The molecular formula is C26H19NS. The molecule has 0 aliphatic heterocycles. The molecule has 0 unspecified atom stereocenters. The van der Waals surface area contributed by atoms with Crippen LogP contribution >= 0.6 is 11.3 Å². The van der Waals surface area contributed by atoms with Crippen LogP contribution in [0.1, 0.15) is 11.1 Å². The zero-order valence-electron chi connectivity index (χ0n) is 15.4. The fourth-order valence-corrected chi connectivity index (χ4v) is 4.59. The van der Waals surface area contributed by atoms with Crippen LogP contribution in [0.25, 0.3) is 31.3 Å². The smallest absolute Gasteiger partial charge is 0.0639 e. The van der Waals surface area contributed by atoms with Crippen LogP contribution in [-0.4, -0.2) is 6.21 Å². The van der Waals surface area contributed by atoms with Crippen LogP contribution in [0.3, 0.4) is 0 Å². The number of rotatable bonds is 4. The van der Waals surface area contributed by atoms with Crippen LogP contribution in [-0.2, 0) is 6.54 Å². The summed E-state index contributed by atoms with van der Waals surface area (Å²) in [5.41, 5.74) is 4.84. The van der Waals surface area contributed by atoms with Gasteiger partial charge in [0.05, 0.1) is 6.54 Å². The van der Waals surface area contributed by atoms with Crippen molar-refractivity contribution in [1.29, 1.82) is 0 Å². The van der Waals surface area contributed by atoms with Gasteiger partial charge in [0, 0.05) is 26.4 Å². The largest absolute Gasteiger partial charge is 0.288 e. The summed E-state index contributed by atoms with van der Waals surface area (Å²) in [5.74, 6) is 0. The average Bonchev–Trinajstić information content (AvgIpc) is 3.13. The Morgan fingerprint density at radius 3 is 2.21 bits per heavy atom. The predicted molar refractivity (Wildman–Crippen MR) is 123 cm³/mol. The Morgan fingerprint density at radius 2 is 1.36 bits per heavy atom. The Balaban J connectivity index is 1.40. The summed E-state index contributed by atoms with van der Waals surface area (Å²) in [4.78, 5) is 4.56. The fraction of sp³-hybridized carbons (Fsp3) is 0.0385. The maximum atomic E-state index is 4.56. The maximum Gasteiger partial charge on any atom is 0.0639 e. The Morgan fingerprint density at radius 1 is 0.643 bits per heavy atom. The van der Waals surface area contributed by atoms with Gasteiger partial charge in [-0.3, -0.25) is 4.99 Å². The summed E-state index contributed by atoms with van der Waals surface area (Å²) in [6, 6.07) is 34.4. The minimum Gasteiger partial charge on any atom is -0.288 e. The van der Waals surface area contributed by atoms with Crippen LogP contribution < -0.4 is 0 Å². The Labute approximate surface area is 168 Å². The first-order valence-corrected chi connectivity index (χ1v) is 10.2. The van der Waals surface area contributed by atoms with Gasteiger partial charge in [-0.05, 0) is 40.5 Å². The molecule has 0 saturated heterocycles. The van der Waals surface area contributed by atoms with E-state index in [2.05, 4.69) is 83.9 Å². The number of nitrogens with zero attached hydrogens (tertiary/aromatic N) is 1. The summed E-state index contributed by atoms with van der Waals surface area (Å²) in [7, 11) is 0. The molecule has 0 aliphatic carbocycles. The molecule has 0 N–H and O–H groups in total. The molecule has 0 fully saturated rings. The molecule has 1 nitrogen and oxygen atoms in total. The Bertz CT molecular complexity index is 1260. The summed E-state index contributed by atoms with van der Waals surface area (Å²) in [5, 5.41) is 2.68. The predicted octanol–water partition coefficient (Wildman–Crippen LogP) is 7.34. The van der Waals surface area contributed by atoms with E-state index in [0.29, 0.717) is 6.54 Å². The van der Waals surface area contributed by atoms with Crippen LogP contribution in [0.4, 0.5) is 0 Å². The molecule has 0 aliphatic rings. The monoisotopic (exact) mass is 377 g/mol. The second-order valence-corrected chi connectivity index (χ2v) is 7.97. The molecular weight excluding hydrogens is 358 g/mol. The maximum absolute atomic E-state index is 4.56. The van der Waals surface area contributed by atoms with Gasteiger partial charge in [-0.25, -0.2) is 0 Å². The topological polar surface area (TPSA) is 12.4 Å². The number of thiophene rings is 1. The third-order valence-corrected chi connectivity index (χ3v) is 6.13. The first-order chi connectivity index (χ1) is 13.9. The quantitative estimate of drug-likeness (QED) is 0.291.